The SMILES string of the molecule is c1ccc(-n2c3ccncc3c3cc(-c4cccc(-c5cccc(-c6c7ccccc7c(-c7ccc8ccccc8c7)c7ccc(-c8ccc9c(-c%10ccc%11ccccc%11c%10)c%10ccccc%10c(-c%10ccc(-c%11ccc(-c%12ccc%13c(c%12)c%12cnccc%12n%13-c%12ccccc%12)nc%11)cc%10)c9c8)cc67)c5)c4)ccc32)cc1. The minimum Gasteiger partial charge on any atom is -0.309 e. The van der Waals surface area contributed by atoms with Crippen molar-refractivity contribution in [3.8, 4) is 112 Å². The zero-order chi connectivity index (χ0) is 72.3. The van der Waals surface area contributed by atoms with Gasteiger partial charge in [0.25, 0.3) is 0 Å². The van der Waals surface area contributed by atoms with Gasteiger partial charge in [0.2, 0.25) is 0 Å². The molecule has 0 N–H and O–H groups in total. The molecule has 0 atom stereocenters. The number of fused-ring (bicyclic) bond motifs is 12. The Morgan fingerprint density at radius 2 is 0.518 bits per heavy atom. The number of pyridine rings is 3. The molecule has 5 aromatic heterocycles. The van der Waals surface area contributed by atoms with E-state index in [4.69, 9.17) is 4.98 Å². The second kappa shape index (κ2) is 25.6. The molecule has 22 rings (SSSR count). The van der Waals surface area contributed by atoms with Crippen molar-refractivity contribution in [3.63, 3.8) is 0 Å². The second-order valence-corrected chi connectivity index (χ2v) is 29.0. The van der Waals surface area contributed by atoms with Crippen molar-refractivity contribution in [1.29, 1.82) is 0 Å². The molecule has 0 aliphatic carbocycles. The van der Waals surface area contributed by atoms with E-state index in [0.29, 0.717) is 0 Å². The summed E-state index contributed by atoms with van der Waals surface area (Å²) in [5.41, 5.74) is 27.3. The Bertz CT molecular complexity index is 7500. The lowest BCUT2D eigenvalue weighted by Crippen LogP contribution is -1.93. The Hall–Kier alpha value is -14.7. The number of benzene rings is 17. The summed E-state index contributed by atoms with van der Waals surface area (Å²) in [6, 6.07) is 135. The molecule has 0 bridgehead atoms. The van der Waals surface area contributed by atoms with Gasteiger partial charge in [0.15, 0.2) is 0 Å². The molecule has 0 unspecified atom stereocenters. The van der Waals surface area contributed by atoms with Crippen LogP contribution in [0.15, 0.2) is 395 Å². The van der Waals surface area contributed by atoms with E-state index in [1.807, 2.05) is 31.0 Å². The number of hydrogen-bond acceptors (Lipinski definition) is 3. The van der Waals surface area contributed by atoms with Gasteiger partial charge in [-0.3, -0.25) is 15.0 Å². The molecule has 0 radical (unpaired) electrons. The summed E-state index contributed by atoms with van der Waals surface area (Å²) in [5, 5.41) is 19.0. The van der Waals surface area contributed by atoms with E-state index in [-0.39, 0.29) is 0 Å². The minimum atomic E-state index is 0.916. The fourth-order valence-corrected chi connectivity index (χ4v) is 17.7. The summed E-state index contributed by atoms with van der Waals surface area (Å²) >= 11 is 0. The van der Waals surface area contributed by atoms with E-state index in [2.05, 4.69) is 383 Å². The Kier molecular flexibility index (Phi) is 14.6. The molecule has 0 fully saturated rings. The highest BCUT2D eigenvalue weighted by Gasteiger charge is 2.24. The summed E-state index contributed by atoms with van der Waals surface area (Å²) in [5.74, 6) is 0. The Balaban J connectivity index is 0.688. The van der Waals surface area contributed by atoms with Gasteiger partial charge in [-0.25, -0.2) is 0 Å². The van der Waals surface area contributed by atoms with Crippen LogP contribution >= 0.6 is 0 Å². The average molecular weight is 1400 g/mol. The van der Waals surface area contributed by atoms with E-state index in [0.717, 1.165) is 116 Å². The third kappa shape index (κ3) is 10.3. The van der Waals surface area contributed by atoms with Crippen LogP contribution < -0.4 is 0 Å². The van der Waals surface area contributed by atoms with Gasteiger partial charge >= 0.3 is 0 Å². The lowest BCUT2D eigenvalue weighted by molar-refractivity contribution is 1.17. The van der Waals surface area contributed by atoms with Crippen molar-refractivity contribution in [2.75, 3.05) is 0 Å². The van der Waals surface area contributed by atoms with Crippen LogP contribution in [-0.4, -0.2) is 24.1 Å². The second-order valence-electron chi connectivity index (χ2n) is 29.0. The van der Waals surface area contributed by atoms with E-state index < -0.39 is 0 Å². The normalized spacial score (nSPS) is 11.8. The van der Waals surface area contributed by atoms with Crippen LogP contribution in [0.4, 0.5) is 0 Å². The maximum Gasteiger partial charge on any atom is 0.0702 e. The third-order valence-electron chi connectivity index (χ3n) is 22.9. The van der Waals surface area contributed by atoms with E-state index >= 15 is 0 Å². The number of para-hydroxylation sites is 2. The molecular weight excluding hydrogens is 1330 g/mol. The van der Waals surface area contributed by atoms with E-state index in [9.17, 15) is 0 Å². The molecule has 22 aromatic rings. The Morgan fingerprint density at radius 3 is 1.02 bits per heavy atom. The summed E-state index contributed by atoms with van der Waals surface area (Å²) in [6.07, 6.45) is 9.76. The molecule has 0 aliphatic heterocycles. The third-order valence-corrected chi connectivity index (χ3v) is 22.9. The van der Waals surface area contributed by atoms with Gasteiger partial charge in [-0.1, -0.05) is 261 Å². The topological polar surface area (TPSA) is 48.5 Å². The summed E-state index contributed by atoms with van der Waals surface area (Å²) in [7, 11) is 0. The lowest BCUT2D eigenvalue weighted by atomic mass is 9.83. The standard InChI is InChI=1S/C105H65N5/c1-3-25-83(26-4-1)109-98-49-44-77(59-91(98)95-64-106-53-51-100(95)109)73-22-15-21-72(55-73)74-23-16-24-79(58-74)105-88-32-14-13-31-87(88)104(81-40-36-67-18-8-10-20-71(67)57-81)90-47-42-76(61-94(90)105)75-41-46-89-93(60-75)102(85-29-11-12-30-86(85)103(89)80-39-35-66-17-7-9-19-70(66)56-80)69-37-33-68(34-38-69)82-43-48-97(108-63-82)78-45-50-99-92(62-78)96-65-107-54-52-101(96)110(99)84-27-5-2-6-28-84/h1-65H. The Labute approximate surface area is 634 Å². The zero-order valence-corrected chi connectivity index (χ0v) is 59.8. The quantitative estimate of drug-likeness (QED) is 0.121. The monoisotopic (exact) mass is 1400 g/mol. The van der Waals surface area contributed by atoms with Gasteiger partial charge in [0.1, 0.15) is 0 Å². The number of hydrogen-bond donors (Lipinski definition) is 0. The first kappa shape index (κ1) is 62.7. The van der Waals surface area contributed by atoms with Gasteiger partial charge in [-0.15, -0.1) is 0 Å². The van der Waals surface area contributed by atoms with Gasteiger partial charge in [-0.05, 0) is 251 Å². The van der Waals surface area contributed by atoms with Crippen LogP contribution in [0.1, 0.15) is 0 Å². The Morgan fingerprint density at radius 1 is 0.173 bits per heavy atom. The maximum absolute atomic E-state index is 5.15. The van der Waals surface area contributed by atoms with Crippen LogP contribution in [0, 0.1) is 0 Å². The average Bonchev–Trinajstić information content (AvgIpc) is 1.10. The molecule has 5 heterocycles. The van der Waals surface area contributed by atoms with Crippen LogP contribution in [0.25, 0.3) is 220 Å². The summed E-state index contributed by atoms with van der Waals surface area (Å²) in [6.45, 7) is 0. The molecule has 110 heavy (non-hydrogen) atoms. The molecule has 0 saturated carbocycles. The highest BCUT2D eigenvalue weighted by molar-refractivity contribution is 6.25. The highest BCUT2D eigenvalue weighted by atomic mass is 15.0. The first-order valence-electron chi connectivity index (χ1n) is 37.7. The predicted octanol–water partition coefficient (Wildman–Crippen LogP) is 28.0. The van der Waals surface area contributed by atoms with Crippen LogP contribution in [0.2, 0.25) is 0 Å². The van der Waals surface area contributed by atoms with Crippen LogP contribution in [-0.2, 0) is 0 Å². The zero-order valence-electron chi connectivity index (χ0n) is 59.8. The van der Waals surface area contributed by atoms with Crippen molar-refractivity contribution >= 4 is 108 Å². The number of aromatic nitrogens is 5. The van der Waals surface area contributed by atoms with Crippen molar-refractivity contribution in [2.24, 2.45) is 0 Å². The summed E-state index contributed by atoms with van der Waals surface area (Å²) in [4.78, 5) is 14.3. The molecule has 0 aliphatic rings. The molecular formula is C105H65N5. The molecule has 0 spiro atoms. The van der Waals surface area contributed by atoms with Crippen molar-refractivity contribution in [2.45, 2.75) is 0 Å². The van der Waals surface area contributed by atoms with Gasteiger partial charge in [0.05, 0.1) is 27.8 Å². The number of rotatable bonds is 11. The largest absolute Gasteiger partial charge is 0.309 e. The van der Waals surface area contributed by atoms with Gasteiger partial charge in [0, 0.05) is 75.0 Å². The number of nitrogens with zero attached hydrogens (tertiary/aromatic N) is 5. The molecule has 17 aromatic carbocycles. The molecule has 0 amide bonds. The van der Waals surface area contributed by atoms with Crippen LogP contribution in [0.5, 0.6) is 0 Å². The fraction of sp³-hybridized carbons (Fsp3) is 0. The first-order valence-corrected chi connectivity index (χ1v) is 37.7. The van der Waals surface area contributed by atoms with Gasteiger partial charge in [-0.2, -0.15) is 0 Å². The lowest BCUT2D eigenvalue weighted by Gasteiger charge is -2.20. The smallest absolute Gasteiger partial charge is 0.0702 e. The molecule has 5 heteroatoms. The van der Waals surface area contributed by atoms with Gasteiger partial charge < -0.3 is 9.13 Å². The molecule has 0 saturated heterocycles. The first-order chi connectivity index (χ1) is 54.5. The fourth-order valence-electron chi connectivity index (χ4n) is 17.7. The molecule has 510 valence electrons. The highest BCUT2D eigenvalue weighted by Crippen LogP contribution is 2.50. The van der Waals surface area contributed by atoms with Crippen molar-refractivity contribution in [3.05, 3.63) is 395 Å². The maximum atomic E-state index is 5.15. The predicted molar refractivity (Wildman–Crippen MR) is 462 cm³/mol. The minimum absolute atomic E-state index is 0.916. The van der Waals surface area contributed by atoms with Crippen LogP contribution in [0.3, 0.4) is 0 Å². The summed E-state index contributed by atoms with van der Waals surface area (Å²) < 4.78 is 4.66. The van der Waals surface area contributed by atoms with Crippen molar-refractivity contribution in [1.82, 2.24) is 24.1 Å². The van der Waals surface area contributed by atoms with E-state index in [1.54, 1.807) is 0 Å². The molecule has 5 nitrogen and oxygen atoms in total. The van der Waals surface area contributed by atoms with Crippen molar-refractivity contribution < 1.29 is 0 Å². The van der Waals surface area contributed by atoms with E-state index in [1.165, 1.54) is 103 Å².